The zero-order chi connectivity index (χ0) is 14.4. The summed E-state index contributed by atoms with van der Waals surface area (Å²) in [6.07, 6.45) is 0. The Morgan fingerprint density at radius 1 is 1.26 bits per heavy atom. The molecule has 3 nitrogen and oxygen atoms in total. The number of methoxy groups -OCH3 is 1. The average molecular weight is 283 g/mol. The molecule has 1 N–H and O–H groups in total. The van der Waals surface area contributed by atoms with Gasteiger partial charge in [0.25, 0.3) is 0 Å². The molecule has 0 radical (unpaired) electrons. The van der Waals surface area contributed by atoms with Crippen LogP contribution >= 0.6 is 0 Å². The highest BCUT2D eigenvalue weighted by Gasteiger charge is 2.11. The van der Waals surface area contributed by atoms with Crippen LogP contribution in [0.3, 0.4) is 0 Å². The monoisotopic (exact) mass is 283 g/mol. The molecule has 0 aliphatic carbocycles. The zero-order valence-corrected chi connectivity index (χ0v) is 13.3. The summed E-state index contributed by atoms with van der Waals surface area (Å²) in [6, 6.07) is 6.56. The molecule has 1 atom stereocenters. The first kappa shape index (κ1) is 16.2. The molecular formula is C15H25NO2S. The summed E-state index contributed by atoms with van der Waals surface area (Å²) in [5, 5.41) is 3.55. The molecule has 0 spiro atoms. The molecule has 108 valence electrons. The fraction of sp³-hybridized carbons (Fsp3) is 0.600. The molecule has 0 aliphatic rings. The van der Waals surface area contributed by atoms with E-state index in [1.807, 2.05) is 19.9 Å². The molecule has 0 aliphatic heterocycles. The van der Waals surface area contributed by atoms with Gasteiger partial charge in [0.05, 0.1) is 12.9 Å². The van der Waals surface area contributed by atoms with Crippen LogP contribution in [0, 0.1) is 0 Å². The normalized spacial score (nSPS) is 13.0. The van der Waals surface area contributed by atoms with E-state index in [9.17, 15) is 4.21 Å². The van der Waals surface area contributed by atoms with E-state index < -0.39 is 10.8 Å². The quantitative estimate of drug-likeness (QED) is 0.836. The fourth-order valence-corrected chi connectivity index (χ4v) is 2.56. The van der Waals surface area contributed by atoms with Crippen molar-refractivity contribution in [1.29, 1.82) is 0 Å². The molecular weight excluding hydrogens is 258 g/mol. The number of nitrogens with one attached hydrogen (secondary N) is 1. The van der Waals surface area contributed by atoms with Crippen LogP contribution in [-0.2, 0) is 23.1 Å². The van der Waals surface area contributed by atoms with Gasteiger partial charge in [-0.2, -0.15) is 0 Å². The van der Waals surface area contributed by atoms with E-state index in [2.05, 4.69) is 31.3 Å². The Balaban J connectivity index is 2.86. The topological polar surface area (TPSA) is 38.3 Å². The van der Waals surface area contributed by atoms with Crippen LogP contribution in [0.25, 0.3) is 0 Å². The minimum Gasteiger partial charge on any atom is -0.496 e. The van der Waals surface area contributed by atoms with Gasteiger partial charge in [0, 0.05) is 34.2 Å². The first-order valence-electron chi connectivity index (χ1n) is 6.70. The van der Waals surface area contributed by atoms with Gasteiger partial charge in [0.15, 0.2) is 0 Å². The summed E-state index contributed by atoms with van der Waals surface area (Å²) >= 11 is 0. The van der Waals surface area contributed by atoms with Crippen molar-refractivity contribution < 1.29 is 8.95 Å². The third-order valence-corrected chi connectivity index (χ3v) is 4.53. The van der Waals surface area contributed by atoms with Crippen LogP contribution in [0.2, 0.25) is 0 Å². The van der Waals surface area contributed by atoms with E-state index in [1.54, 1.807) is 7.11 Å². The second-order valence-electron chi connectivity index (χ2n) is 5.26. The average Bonchev–Trinajstić information content (AvgIpc) is 2.36. The van der Waals surface area contributed by atoms with Crippen LogP contribution < -0.4 is 10.1 Å². The van der Waals surface area contributed by atoms with Crippen LogP contribution in [0.5, 0.6) is 5.75 Å². The second-order valence-corrected chi connectivity index (χ2v) is 7.25. The van der Waals surface area contributed by atoms with Crippen molar-refractivity contribution in [2.45, 2.75) is 51.3 Å². The van der Waals surface area contributed by atoms with Gasteiger partial charge in [-0.05, 0) is 17.7 Å². The van der Waals surface area contributed by atoms with Crippen molar-refractivity contribution >= 4 is 10.8 Å². The summed E-state index contributed by atoms with van der Waals surface area (Å²) < 4.78 is 17.3. The summed E-state index contributed by atoms with van der Waals surface area (Å²) in [5.74, 6) is 1.37. The highest BCUT2D eigenvalue weighted by molar-refractivity contribution is 7.84. The second kappa shape index (κ2) is 7.65. The molecule has 1 aromatic rings. The van der Waals surface area contributed by atoms with E-state index in [0.717, 1.165) is 17.9 Å². The van der Waals surface area contributed by atoms with Crippen molar-refractivity contribution in [3.05, 3.63) is 29.3 Å². The highest BCUT2D eigenvalue weighted by Crippen LogP contribution is 2.22. The Labute approximate surface area is 119 Å². The maximum absolute atomic E-state index is 12.0. The smallest absolute Gasteiger partial charge is 0.123 e. The van der Waals surface area contributed by atoms with Crippen molar-refractivity contribution in [3.8, 4) is 5.75 Å². The molecule has 0 saturated carbocycles. The number of ether oxygens (including phenoxy) is 1. The Hall–Kier alpha value is -0.870. The highest BCUT2D eigenvalue weighted by atomic mass is 32.2. The van der Waals surface area contributed by atoms with Crippen LogP contribution in [0.15, 0.2) is 18.2 Å². The van der Waals surface area contributed by atoms with Gasteiger partial charge in [-0.15, -0.1) is 0 Å². The third kappa shape index (κ3) is 5.33. The first-order valence-corrected chi connectivity index (χ1v) is 8.08. The SMILES string of the molecule is COc1ccc(CNC(C)C)cc1CS(=O)C(C)C. The maximum Gasteiger partial charge on any atom is 0.123 e. The minimum absolute atomic E-state index is 0.169. The lowest BCUT2D eigenvalue weighted by molar-refractivity contribution is 0.411. The number of benzene rings is 1. The molecule has 1 unspecified atom stereocenters. The van der Waals surface area contributed by atoms with E-state index >= 15 is 0 Å². The Morgan fingerprint density at radius 3 is 2.47 bits per heavy atom. The zero-order valence-electron chi connectivity index (χ0n) is 12.5. The number of hydrogen-bond donors (Lipinski definition) is 1. The van der Waals surface area contributed by atoms with E-state index in [0.29, 0.717) is 11.8 Å². The van der Waals surface area contributed by atoms with Gasteiger partial charge in [-0.3, -0.25) is 4.21 Å². The third-order valence-electron chi connectivity index (χ3n) is 2.88. The molecule has 0 fully saturated rings. The van der Waals surface area contributed by atoms with E-state index in [4.69, 9.17) is 4.74 Å². The van der Waals surface area contributed by atoms with Crippen molar-refractivity contribution in [2.75, 3.05) is 7.11 Å². The summed E-state index contributed by atoms with van der Waals surface area (Å²) in [4.78, 5) is 0. The molecule has 4 heteroatoms. The first-order chi connectivity index (χ1) is 8.93. The van der Waals surface area contributed by atoms with Crippen molar-refractivity contribution in [1.82, 2.24) is 5.32 Å². The van der Waals surface area contributed by atoms with Gasteiger partial charge in [0.1, 0.15) is 5.75 Å². The standard InChI is InChI=1S/C15H25NO2S/c1-11(2)16-9-13-6-7-15(18-5)14(8-13)10-19(17)12(3)4/h6-8,11-12,16H,9-10H2,1-5H3. The molecule has 19 heavy (non-hydrogen) atoms. The number of hydrogen-bond acceptors (Lipinski definition) is 3. The van der Waals surface area contributed by atoms with Crippen LogP contribution in [0.4, 0.5) is 0 Å². The van der Waals surface area contributed by atoms with Gasteiger partial charge in [0.2, 0.25) is 0 Å². The van der Waals surface area contributed by atoms with Crippen molar-refractivity contribution in [3.63, 3.8) is 0 Å². The predicted molar refractivity (Wildman–Crippen MR) is 82.0 cm³/mol. The molecule has 0 aromatic heterocycles. The molecule has 0 heterocycles. The Kier molecular flexibility index (Phi) is 6.52. The van der Waals surface area contributed by atoms with E-state index in [-0.39, 0.29) is 5.25 Å². The van der Waals surface area contributed by atoms with Crippen molar-refractivity contribution in [2.24, 2.45) is 0 Å². The van der Waals surface area contributed by atoms with Gasteiger partial charge in [-0.1, -0.05) is 33.8 Å². The largest absolute Gasteiger partial charge is 0.496 e. The maximum atomic E-state index is 12.0. The lowest BCUT2D eigenvalue weighted by Gasteiger charge is -2.13. The lowest BCUT2D eigenvalue weighted by atomic mass is 10.1. The van der Waals surface area contributed by atoms with Crippen LogP contribution in [0.1, 0.15) is 38.8 Å². The van der Waals surface area contributed by atoms with Gasteiger partial charge >= 0.3 is 0 Å². The summed E-state index contributed by atoms with van der Waals surface area (Å²) in [6.45, 7) is 9.03. The molecule has 0 saturated heterocycles. The molecule has 1 aromatic carbocycles. The summed E-state index contributed by atoms with van der Waals surface area (Å²) in [7, 11) is 0.800. The molecule has 0 amide bonds. The van der Waals surface area contributed by atoms with Gasteiger partial charge in [-0.25, -0.2) is 0 Å². The predicted octanol–water partition coefficient (Wildman–Crippen LogP) is 2.85. The Bertz CT molecular complexity index is 430. The minimum atomic E-state index is -0.856. The number of rotatable bonds is 7. The molecule has 1 rings (SSSR count). The van der Waals surface area contributed by atoms with Gasteiger partial charge < -0.3 is 10.1 Å². The van der Waals surface area contributed by atoms with E-state index in [1.165, 1.54) is 5.56 Å². The summed E-state index contributed by atoms with van der Waals surface area (Å²) in [5.41, 5.74) is 2.22. The Morgan fingerprint density at radius 2 is 1.95 bits per heavy atom. The molecule has 0 bridgehead atoms. The fourth-order valence-electron chi connectivity index (χ4n) is 1.70. The lowest BCUT2D eigenvalue weighted by Crippen LogP contribution is -2.21. The van der Waals surface area contributed by atoms with Crippen LogP contribution in [-0.4, -0.2) is 22.6 Å².